The summed E-state index contributed by atoms with van der Waals surface area (Å²) in [6.45, 7) is 0.0315. The Morgan fingerprint density at radius 1 is 1.05 bits per heavy atom. The number of rotatable bonds is 5. The molecule has 0 unspecified atom stereocenters. The molecule has 0 heterocycles. The third kappa shape index (κ3) is 4.12. The first kappa shape index (κ1) is 13.1. The highest BCUT2D eigenvalue weighted by molar-refractivity contribution is 5.91. The molecule has 0 aliphatic heterocycles. The molecule has 19 heavy (non-hydrogen) atoms. The van der Waals surface area contributed by atoms with Crippen LogP contribution in [0.4, 0.5) is 5.69 Å². The lowest BCUT2D eigenvalue weighted by Gasteiger charge is -2.08. The quantitative estimate of drug-likeness (QED) is 0.895. The third-order valence-corrected chi connectivity index (χ3v) is 2.37. The van der Waals surface area contributed by atoms with E-state index in [1.807, 2.05) is 42.5 Å². The lowest BCUT2D eigenvalue weighted by molar-refractivity contribution is -0.119. The number of methoxy groups -OCH3 is 1. The molecule has 0 aliphatic carbocycles. The SMILES string of the molecule is COCC(=O)Nc1cccc(Oc2ccccc2)c1. The largest absolute Gasteiger partial charge is 0.457 e. The maximum absolute atomic E-state index is 11.4. The smallest absolute Gasteiger partial charge is 0.250 e. The van der Waals surface area contributed by atoms with Gasteiger partial charge in [0.15, 0.2) is 0 Å². The first-order valence-electron chi connectivity index (χ1n) is 5.89. The topological polar surface area (TPSA) is 47.6 Å². The van der Waals surface area contributed by atoms with Crippen LogP contribution in [-0.4, -0.2) is 19.6 Å². The van der Waals surface area contributed by atoms with Gasteiger partial charge >= 0.3 is 0 Å². The highest BCUT2D eigenvalue weighted by Crippen LogP contribution is 2.23. The molecule has 0 saturated heterocycles. The second kappa shape index (κ2) is 6.56. The summed E-state index contributed by atoms with van der Waals surface area (Å²) in [6, 6.07) is 16.7. The second-order valence-corrected chi connectivity index (χ2v) is 3.92. The van der Waals surface area contributed by atoms with Gasteiger partial charge in [0, 0.05) is 18.9 Å². The maximum atomic E-state index is 11.4. The van der Waals surface area contributed by atoms with E-state index in [0.29, 0.717) is 11.4 Å². The lowest BCUT2D eigenvalue weighted by atomic mass is 10.3. The summed E-state index contributed by atoms with van der Waals surface area (Å²) in [6.07, 6.45) is 0. The minimum absolute atomic E-state index is 0.0315. The maximum Gasteiger partial charge on any atom is 0.250 e. The summed E-state index contributed by atoms with van der Waals surface area (Å²) >= 11 is 0. The Balaban J connectivity index is 2.05. The van der Waals surface area contributed by atoms with E-state index < -0.39 is 0 Å². The molecular weight excluding hydrogens is 242 g/mol. The monoisotopic (exact) mass is 257 g/mol. The van der Waals surface area contributed by atoms with Gasteiger partial charge in [0.05, 0.1) is 0 Å². The average Bonchev–Trinajstić information content (AvgIpc) is 2.40. The molecule has 0 atom stereocenters. The predicted molar refractivity (Wildman–Crippen MR) is 73.5 cm³/mol. The second-order valence-electron chi connectivity index (χ2n) is 3.92. The Bertz CT molecular complexity index is 540. The number of carbonyl (C=O) groups is 1. The van der Waals surface area contributed by atoms with Gasteiger partial charge in [-0.05, 0) is 24.3 Å². The minimum atomic E-state index is -0.195. The summed E-state index contributed by atoms with van der Waals surface area (Å²) in [5.41, 5.74) is 0.676. The van der Waals surface area contributed by atoms with Crippen molar-refractivity contribution in [2.75, 3.05) is 19.0 Å². The number of carbonyl (C=O) groups excluding carboxylic acids is 1. The van der Waals surface area contributed by atoms with Crippen LogP contribution in [0.5, 0.6) is 11.5 Å². The van der Waals surface area contributed by atoms with E-state index in [4.69, 9.17) is 9.47 Å². The van der Waals surface area contributed by atoms with Crippen LogP contribution in [0.3, 0.4) is 0 Å². The van der Waals surface area contributed by atoms with Crippen molar-refractivity contribution in [3.05, 3.63) is 54.6 Å². The zero-order valence-corrected chi connectivity index (χ0v) is 10.6. The van der Waals surface area contributed by atoms with Gasteiger partial charge in [-0.2, -0.15) is 0 Å². The van der Waals surface area contributed by atoms with Crippen LogP contribution in [-0.2, 0) is 9.53 Å². The molecule has 0 spiro atoms. The van der Waals surface area contributed by atoms with E-state index in [2.05, 4.69) is 5.32 Å². The highest BCUT2D eigenvalue weighted by Gasteiger charge is 2.03. The fourth-order valence-electron chi connectivity index (χ4n) is 1.59. The molecule has 0 aromatic heterocycles. The van der Waals surface area contributed by atoms with Crippen LogP contribution in [0, 0.1) is 0 Å². The molecule has 4 nitrogen and oxygen atoms in total. The molecule has 2 aromatic rings. The van der Waals surface area contributed by atoms with E-state index in [1.165, 1.54) is 7.11 Å². The molecule has 1 amide bonds. The van der Waals surface area contributed by atoms with Crippen LogP contribution in [0.25, 0.3) is 0 Å². The Kier molecular flexibility index (Phi) is 4.53. The van der Waals surface area contributed by atoms with Crippen molar-refractivity contribution in [1.82, 2.24) is 0 Å². The fraction of sp³-hybridized carbons (Fsp3) is 0.133. The molecule has 4 heteroatoms. The molecule has 0 fully saturated rings. The number of amides is 1. The fourth-order valence-corrected chi connectivity index (χ4v) is 1.59. The molecule has 2 aromatic carbocycles. The molecule has 2 rings (SSSR count). The lowest BCUT2D eigenvalue weighted by Crippen LogP contribution is -2.16. The molecule has 0 saturated carbocycles. The average molecular weight is 257 g/mol. The van der Waals surface area contributed by atoms with Crippen molar-refractivity contribution in [3.63, 3.8) is 0 Å². The van der Waals surface area contributed by atoms with Crippen molar-refractivity contribution in [2.24, 2.45) is 0 Å². The van der Waals surface area contributed by atoms with Crippen molar-refractivity contribution in [3.8, 4) is 11.5 Å². The minimum Gasteiger partial charge on any atom is -0.457 e. The van der Waals surface area contributed by atoms with Crippen LogP contribution in [0.1, 0.15) is 0 Å². The predicted octanol–water partition coefficient (Wildman–Crippen LogP) is 3.06. The zero-order chi connectivity index (χ0) is 13.5. The van der Waals surface area contributed by atoms with Crippen molar-refractivity contribution >= 4 is 11.6 Å². The normalized spacial score (nSPS) is 9.95. The summed E-state index contributed by atoms with van der Waals surface area (Å²) in [4.78, 5) is 11.4. The molecular formula is C15H15NO3. The van der Waals surface area contributed by atoms with Crippen LogP contribution < -0.4 is 10.1 Å². The first-order valence-corrected chi connectivity index (χ1v) is 5.89. The Morgan fingerprint density at radius 2 is 1.79 bits per heavy atom. The summed E-state index contributed by atoms with van der Waals surface area (Å²) in [5.74, 6) is 1.23. The van der Waals surface area contributed by atoms with E-state index >= 15 is 0 Å². The summed E-state index contributed by atoms with van der Waals surface area (Å²) in [7, 11) is 1.48. The number of ether oxygens (including phenoxy) is 2. The van der Waals surface area contributed by atoms with Gasteiger partial charge in [0.25, 0.3) is 0 Å². The van der Waals surface area contributed by atoms with E-state index in [1.54, 1.807) is 12.1 Å². The van der Waals surface area contributed by atoms with Gasteiger partial charge in [-0.15, -0.1) is 0 Å². The van der Waals surface area contributed by atoms with Gasteiger partial charge in [0.1, 0.15) is 18.1 Å². The third-order valence-electron chi connectivity index (χ3n) is 2.37. The number of para-hydroxylation sites is 1. The first-order chi connectivity index (χ1) is 9.28. The Morgan fingerprint density at radius 3 is 2.53 bits per heavy atom. The number of nitrogens with one attached hydrogen (secondary N) is 1. The van der Waals surface area contributed by atoms with Crippen molar-refractivity contribution in [2.45, 2.75) is 0 Å². The molecule has 0 bridgehead atoms. The summed E-state index contributed by atoms with van der Waals surface area (Å²) < 4.78 is 10.4. The van der Waals surface area contributed by atoms with Gasteiger partial charge in [-0.3, -0.25) is 4.79 Å². The van der Waals surface area contributed by atoms with Gasteiger partial charge in [-0.1, -0.05) is 24.3 Å². The van der Waals surface area contributed by atoms with Gasteiger partial charge in [-0.25, -0.2) is 0 Å². The zero-order valence-electron chi connectivity index (χ0n) is 10.6. The number of benzene rings is 2. The van der Waals surface area contributed by atoms with Crippen LogP contribution in [0.2, 0.25) is 0 Å². The number of hydrogen-bond acceptors (Lipinski definition) is 3. The van der Waals surface area contributed by atoms with E-state index in [9.17, 15) is 4.79 Å². The standard InChI is InChI=1S/C15H15NO3/c1-18-11-15(17)16-12-6-5-9-14(10-12)19-13-7-3-2-4-8-13/h2-10H,11H2,1H3,(H,16,17). The van der Waals surface area contributed by atoms with E-state index in [-0.39, 0.29) is 12.5 Å². The number of hydrogen-bond donors (Lipinski definition) is 1. The van der Waals surface area contributed by atoms with Crippen molar-refractivity contribution in [1.29, 1.82) is 0 Å². The van der Waals surface area contributed by atoms with E-state index in [0.717, 1.165) is 5.75 Å². The van der Waals surface area contributed by atoms with Crippen LogP contribution in [0.15, 0.2) is 54.6 Å². The molecule has 0 aliphatic rings. The summed E-state index contributed by atoms with van der Waals surface area (Å²) in [5, 5.41) is 2.73. The Labute approximate surface area is 112 Å². The van der Waals surface area contributed by atoms with Gasteiger partial charge < -0.3 is 14.8 Å². The molecule has 1 N–H and O–H groups in total. The van der Waals surface area contributed by atoms with Crippen molar-refractivity contribution < 1.29 is 14.3 Å². The van der Waals surface area contributed by atoms with Gasteiger partial charge in [0.2, 0.25) is 5.91 Å². The molecule has 0 radical (unpaired) electrons. The highest BCUT2D eigenvalue weighted by atomic mass is 16.5. The van der Waals surface area contributed by atoms with Crippen LogP contribution >= 0.6 is 0 Å². The Hall–Kier alpha value is -2.33. The number of anilines is 1. The molecule has 98 valence electrons.